The third-order valence-electron chi connectivity index (χ3n) is 4.18. The van der Waals surface area contributed by atoms with Crippen molar-refractivity contribution >= 4 is 40.9 Å². The molecule has 3 aromatic rings. The van der Waals surface area contributed by atoms with Crippen LogP contribution >= 0.6 is 23.2 Å². The average Bonchev–Trinajstić information content (AvgIpc) is 2.85. The molecule has 138 valence electrons. The van der Waals surface area contributed by atoms with E-state index in [1.807, 2.05) is 30.3 Å². The van der Waals surface area contributed by atoms with Crippen molar-refractivity contribution in [3.63, 3.8) is 0 Å². The number of benzene rings is 2. The Kier molecular flexibility index (Phi) is 5.54. The maximum Gasteiger partial charge on any atom is 0.295 e. The summed E-state index contributed by atoms with van der Waals surface area (Å²) in [4.78, 5) is 25.1. The number of carbonyl (C=O) groups excluding carboxylic acids is 1. The van der Waals surface area contributed by atoms with Gasteiger partial charge in [-0.05, 0) is 42.8 Å². The van der Waals surface area contributed by atoms with Gasteiger partial charge in [0.1, 0.15) is 5.69 Å². The number of amides is 1. The third kappa shape index (κ3) is 3.99. The van der Waals surface area contributed by atoms with E-state index in [1.165, 1.54) is 10.8 Å². The number of nitrogens with one attached hydrogen (secondary N) is 1. The highest BCUT2D eigenvalue weighted by Gasteiger charge is 2.17. The molecule has 7 heteroatoms. The van der Waals surface area contributed by atoms with Crippen molar-refractivity contribution in [1.82, 2.24) is 9.36 Å². The second-order valence-corrected chi connectivity index (χ2v) is 6.77. The zero-order chi connectivity index (χ0) is 19.6. The maximum absolute atomic E-state index is 12.8. The first kappa shape index (κ1) is 19.0. The predicted molar refractivity (Wildman–Crippen MR) is 110 cm³/mol. The van der Waals surface area contributed by atoms with Crippen molar-refractivity contribution in [1.29, 1.82) is 0 Å². The summed E-state index contributed by atoms with van der Waals surface area (Å²) in [5.41, 5.74) is 1.96. The number of nitrogens with zero attached hydrogens (tertiary/aromatic N) is 2. The lowest BCUT2D eigenvalue weighted by Crippen LogP contribution is -2.22. The first-order valence-corrected chi connectivity index (χ1v) is 8.92. The highest BCUT2D eigenvalue weighted by atomic mass is 35.5. The zero-order valence-corrected chi connectivity index (χ0v) is 16.3. The molecule has 3 rings (SSSR count). The minimum atomic E-state index is -0.424. The van der Waals surface area contributed by atoms with Crippen LogP contribution in [0.5, 0.6) is 0 Å². The van der Waals surface area contributed by atoms with Gasteiger partial charge in [0.05, 0.1) is 11.4 Å². The highest BCUT2D eigenvalue weighted by molar-refractivity contribution is 6.35. The number of hydrogen-bond donors (Lipinski definition) is 1. The van der Waals surface area contributed by atoms with Gasteiger partial charge in [-0.3, -0.25) is 14.3 Å². The predicted octanol–water partition coefficient (Wildman–Crippen LogP) is 4.44. The van der Waals surface area contributed by atoms with Gasteiger partial charge in [-0.15, -0.1) is 0 Å². The molecule has 1 amide bonds. The summed E-state index contributed by atoms with van der Waals surface area (Å²) in [6.07, 6.45) is 2.90. The van der Waals surface area contributed by atoms with Crippen LogP contribution in [-0.4, -0.2) is 15.3 Å². The van der Waals surface area contributed by atoms with E-state index in [2.05, 4.69) is 5.32 Å². The second-order valence-electron chi connectivity index (χ2n) is 5.92. The summed E-state index contributed by atoms with van der Waals surface area (Å²) in [6, 6.07) is 14.2. The van der Waals surface area contributed by atoms with Crippen molar-refractivity contribution in [3.05, 3.63) is 86.3 Å². The van der Waals surface area contributed by atoms with Gasteiger partial charge in [-0.1, -0.05) is 47.5 Å². The summed E-state index contributed by atoms with van der Waals surface area (Å²) >= 11 is 12.0. The van der Waals surface area contributed by atoms with E-state index < -0.39 is 5.91 Å². The van der Waals surface area contributed by atoms with Gasteiger partial charge in [-0.25, -0.2) is 4.68 Å². The molecule has 1 heterocycles. The zero-order valence-electron chi connectivity index (χ0n) is 14.7. The van der Waals surface area contributed by atoms with Crippen LogP contribution in [0.4, 0.5) is 5.69 Å². The topological polar surface area (TPSA) is 56.0 Å². The Labute approximate surface area is 166 Å². The Morgan fingerprint density at radius 2 is 1.81 bits per heavy atom. The quantitative estimate of drug-likeness (QED) is 0.656. The third-order valence-corrected chi connectivity index (χ3v) is 4.74. The largest absolute Gasteiger partial charge is 0.316 e. The minimum absolute atomic E-state index is 0.234. The Hall–Kier alpha value is -2.76. The average molecular weight is 402 g/mol. The molecule has 1 N–H and O–H groups in total. The molecule has 1 aromatic heterocycles. The van der Waals surface area contributed by atoms with Gasteiger partial charge in [0, 0.05) is 23.2 Å². The minimum Gasteiger partial charge on any atom is -0.316 e. The van der Waals surface area contributed by atoms with Crippen LogP contribution in [0, 0.1) is 6.92 Å². The fourth-order valence-electron chi connectivity index (χ4n) is 2.68. The van der Waals surface area contributed by atoms with Crippen LogP contribution in [0.2, 0.25) is 10.0 Å². The van der Waals surface area contributed by atoms with Crippen LogP contribution in [-0.2, 0) is 11.8 Å². The number of anilines is 1. The van der Waals surface area contributed by atoms with Crippen molar-refractivity contribution in [2.75, 3.05) is 5.32 Å². The molecular weight excluding hydrogens is 385 g/mol. The molecule has 0 atom stereocenters. The molecule has 0 radical (unpaired) electrons. The molecule has 0 aliphatic carbocycles. The molecule has 0 saturated carbocycles. The van der Waals surface area contributed by atoms with E-state index in [1.54, 1.807) is 42.9 Å². The van der Waals surface area contributed by atoms with Gasteiger partial charge < -0.3 is 5.32 Å². The number of hydrogen-bond acceptors (Lipinski definition) is 2. The van der Waals surface area contributed by atoms with E-state index in [0.29, 0.717) is 21.3 Å². The molecule has 2 aromatic carbocycles. The first-order chi connectivity index (χ1) is 12.9. The summed E-state index contributed by atoms with van der Waals surface area (Å²) < 4.78 is 3.21. The number of aromatic nitrogens is 2. The van der Waals surface area contributed by atoms with E-state index in [0.717, 1.165) is 5.69 Å². The van der Waals surface area contributed by atoms with Crippen LogP contribution in [0.25, 0.3) is 11.8 Å². The Balaban J connectivity index is 1.87. The van der Waals surface area contributed by atoms with Gasteiger partial charge in [0.15, 0.2) is 0 Å². The summed E-state index contributed by atoms with van der Waals surface area (Å²) in [6.45, 7) is 1.77. The van der Waals surface area contributed by atoms with Crippen molar-refractivity contribution < 1.29 is 4.79 Å². The fraction of sp³-hybridized carbons (Fsp3) is 0.100. The lowest BCUT2D eigenvalue weighted by Gasteiger charge is -2.07. The van der Waals surface area contributed by atoms with Crippen LogP contribution < -0.4 is 10.9 Å². The monoisotopic (exact) mass is 401 g/mol. The molecule has 0 fully saturated rings. The SMILES string of the molecule is Cc1c(NC(=O)C=Cc2ccc(Cl)cc2Cl)c(=O)n(-c2ccccc2)n1C. The molecular formula is C20H17Cl2N3O2. The Morgan fingerprint density at radius 1 is 1.11 bits per heavy atom. The van der Waals surface area contributed by atoms with E-state index in [4.69, 9.17) is 23.2 Å². The maximum atomic E-state index is 12.8. The lowest BCUT2D eigenvalue weighted by atomic mass is 10.2. The van der Waals surface area contributed by atoms with Gasteiger partial charge in [-0.2, -0.15) is 0 Å². The number of halogens is 2. The van der Waals surface area contributed by atoms with Crippen molar-refractivity contribution in [3.8, 4) is 5.69 Å². The smallest absolute Gasteiger partial charge is 0.295 e. The van der Waals surface area contributed by atoms with E-state index >= 15 is 0 Å². The molecule has 0 aliphatic heterocycles. The lowest BCUT2D eigenvalue weighted by molar-refractivity contribution is -0.111. The second kappa shape index (κ2) is 7.86. The molecule has 0 spiro atoms. The Morgan fingerprint density at radius 3 is 2.48 bits per heavy atom. The van der Waals surface area contributed by atoms with E-state index in [-0.39, 0.29) is 11.2 Å². The molecule has 0 unspecified atom stereocenters. The number of para-hydroxylation sites is 1. The van der Waals surface area contributed by atoms with Crippen molar-refractivity contribution in [2.24, 2.45) is 7.05 Å². The summed E-state index contributed by atoms with van der Waals surface area (Å²) in [7, 11) is 1.77. The van der Waals surface area contributed by atoms with Gasteiger partial charge >= 0.3 is 0 Å². The molecule has 0 bridgehead atoms. The fourth-order valence-corrected chi connectivity index (χ4v) is 3.15. The number of rotatable bonds is 4. The normalized spacial score (nSPS) is 11.1. The van der Waals surface area contributed by atoms with Crippen LogP contribution in [0.3, 0.4) is 0 Å². The summed E-state index contributed by atoms with van der Waals surface area (Å²) in [5, 5.41) is 3.62. The standard InChI is InChI=1S/C20H17Cl2N3O2/c1-13-19(20(27)25(24(13)2)16-6-4-3-5-7-16)23-18(26)11-9-14-8-10-15(21)12-17(14)22/h3-12H,1-2H3,(H,23,26). The van der Waals surface area contributed by atoms with Crippen LogP contribution in [0.1, 0.15) is 11.3 Å². The molecule has 27 heavy (non-hydrogen) atoms. The number of carbonyl (C=O) groups is 1. The van der Waals surface area contributed by atoms with Gasteiger partial charge in [0.2, 0.25) is 5.91 Å². The van der Waals surface area contributed by atoms with E-state index in [9.17, 15) is 9.59 Å². The summed E-state index contributed by atoms with van der Waals surface area (Å²) in [5.74, 6) is -0.424. The molecule has 5 nitrogen and oxygen atoms in total. The highest BCUT2D eigenvalue weighted by Crippen LogP contribution is 2.22. The molecule has 0 aliphatic rings. The Bertz CT molecular complexity index is 1080. The molecule has 0 saturated heterocycles. The van der Waals surface area contributed by atoms with Crippen molar-refractivity contribution in [2.45, 2.75) is 6.92 Å². The first-order valence-electron chi connectivity index (χ1n) is 8.16. The van der Waals surface area contributed by atoms with Gasteiger partial charge in [0.25, 0.3) is 5.56 Å². The van der Waals surface area contributed by atoms with Crippen LogP contribution in [0.15, 0.2) is 59.4 Å².